The monoisotopic (exact) mass is 239 g/mol. The maximum absolute atomic E-state index is 12.2. The van der Waals surface area contributed by atoms with Gasteiger partial charge in [0.2, 0.25) is 0 Å². The minimum Gasteiger partial charge on any atom is -0.446 e. The van der Waals surface area contributed by atoms with Crippen molar-refractivity contribution in [2.75, 3.05) is 13.2 Å². The molecule has 0 aromatic carbocycles. The van der Waals surface area contributed by atoms with Crippen molar-refractivity contribution in [2.45, 2.75) is 63.1 Å². The average molecular weight is 239 g/mol. The number of carbonyl (C=O) groups is 1. The molecule has 2 bridgehead atoms. The summed E-state index contributed by atoms with van der Waals surface area (Å²) in [6.45, 7) is 1.48. The number of nitrogens with zero attached hydrogens (tertiary/aromatic N) is 1. The van der Waals surface area contributed by atoms with Crippen molar-refractivity contribution in [3.8, 4) is 0 Å². The quantitative estimate of drug-likeness (QED) is 0.705. The Bertz CT molecular complexity index is 276. The Labute approximate surface area is 102 Å². The van der Waals surface area contributed by atoms with Gasteiger partial charge in [-0.1, -0.05) is 0 Å². The molecule has 4 heteroatoms. The smallest absolute Gasteiger partial charge is 0.410 e. The van der Waals surface area contributed by atoms with E-state index in [9.17, 15) is 4.79 Å². The molecule has 3 fully saturated rings. The second-order valence-corrected chi connectivity index (χ2v) is 5.45. The fourth-order valence-corrected chi connectivity index (χ4v) is 3.04. The average Bonchev–Trinajstić information content (AvgIpc) is 2.39. The van der Waals surface area contributed by atoms with Crippen LogP contribution >= 0.6 is 0 Å². The van der Waals surface area contributed by atoms with E-state index in [1.807, 2.05) is 4.90 Å². The lowest BCUT2D eigenvalue weighted by molar-refractivity contribution is -0.00486. The summed E-state index contributed by atoms with van der Waals surface area (Å²) in [5.41, 5.74) is 0. The number of hydrogen-bond donors (Lipinski definition) is 0. The van der Waals surface area contributed by atoms with Gasteiger partial charge < -0.3 is 9.47 Å². The Hall–Kier alpha value is -0.770. The molecule has 2 saturated heterocycles. The summed E-state index contributed by atoms with van der Waals surface area (Å²) in [6, 6.07) is 0.604. The van der Waals surface area contributed by atoms with Crippen LogP contribution in [0.2, 0.25) is 0 Å². The first kappa shape index (κ1) is 11.3. The minimum atomic E-state index is -0.0881. The highest BCUT2D eigenvalue weighted by Crippen LogP contribution is 2.30. The van der Waals surface area contributed by atoms with Gasteiger partial charge in [0.25, 0.3) is 0 Å². The van der Waals surface area contributed by atoms with E-state index < -0.39 is 0 Å². The molecule has 0 radical (unpaired) electrons. The highest BCUT2D eigenvalue weighted by Gasteiger charge is 2.38. The first-order valence-corrected chi connectivity index (χ1v) is 6.91. The predicted molar refractivity (Wildman–Crippen MR) is 62.8 cm³/mol. The lowest BCUT2D eigenvalue weighted by atomic mass is 9.95. The highest BCUT2D eigenvalue weighted by molar-refractivity contribution is 5.69. The van der Waals surface area contributed by atoms with Crippen molar-refractivity contribution < 1.29 is 14.3 Å². The van der Waals surface area contributed by atoms with Gasteiger partial charge in [-0.2, -0.15) is 0 Å². The predicted octanol–water partition coefficient (Wildman–Crippen LogP) is 2.32. The Balaban J connectivity index is 1.67. The van der Waals surface area contributed by atoms with E-state index in [1.165, 1.54) is 12.8 Å². The normalized spacial score (nSPS) is 33.8. The molecule has 3 aliphatic rings. The molecule has 1 aliphatic carbocycles. The molecule has 0 N–H and O–H groups in total. The van der Waals surface area contributed by atoms with Gasteiger partial charge in [-0.15, -0.1) is 0 Å². The lowest BCUT2D eigenvalue weighted by Gasteiger charge is -2.40. The van der Waals surface area contributed by atoms with Crippen LogP contribution in [0.25, 0.3) is 0 Å². The summed E-state index contributed by atoms with van der Waals surface area (Å²) in [6.07, 6.45) is 7.75. The zero-order valence-electron chi connectivity index (χ0n) is 10.3. The van der Waals surface area contributed by atoms with E-state index >= 15 is 0 Å². The van der Waals surface area contributed by atoms with Crippen molar-refractivity contribution in [3.05, 3.63) is 0 Å². The molecule has 2 heterocycles. The summed E-state index contributed by atoms with van der Waals surface area (Å²) in [5.74, 6) is 0. The Morgan fingerprint density at radius 3 is 2.59 bits per heavy atom. The van der Waals surface area contributed by atoms with Crippen LogP contribution in [0.15, 0.2) is 0 Å². The fourth-order valence-electron chi connectivity index (χ4n) is 3.04. The molecule has 3 rings (SSSR count). The van der Waals surface area contributed by atoms with Gasteiger partial charge >= 0.3 is 6.09 Å². The zero-order chi connectivity index (χ0) is 11.7. The van der Waals surface area contributed by atoms with Crippen LogP contribution in [0.4, 0.5) is 4.79 Å². The lowest BCUT2D eigenvalue weighted by Crippen LogP contribution is -2.51. The minimum absolute atomic E-state index is 0.0881. The number of piperidine rings is 1. The molecule has 2 aliphatic heterocycles. The summed E-state index contributed by atoms with van der Waals surface area (Å²) in [5, 5.41) is 0. The standard InChI is InChI=1S/C13H21NO3/c15-13(17-12-5-2-6-12)14-10-3-1-4-11(14)9-16-8-7-10/h10-12H,1-9H2. The van der Waals surface area contributed by atoms with Crippen LogP contribution in [0, 0.1) is 0 Å². The molecule has 96 valence electrons. The number of hydrogen-bond acceptors (Lipinski definition) is 3. The summed E-state index contributed by atoms with van der Waals surface area (Å²) < 4.78 is 11.1. The van der Waals surface area contributed by atoms with Gasteiger partial charge in [0.15, 0.2) is 0 Å². The molecule has 0 aromatic rings. The van der Waals surface area contributed by atoms with Gasteiger partial charge in [0.05, 0.1) is 12.6 Å². The van der Waals surface area contributed by atoms with Crippen LogP contribution in [0.5, 0.6) is 0 Å². The number of carbonyl (C=O) groups excluding carboxylic acids is 1. The number of amides is 1. The summed E-state index contributed by atoms with van der Waals surface area (Å²) in [4.78, 5) is 14.2. The maximum Gasteiger partial charge on any atom is 0.410 e. The molecule has 1 saturated carbocycles. The molecular formula is C13H21NO3. The van der Waals surface area contributed by atoms with Crippen LogP contribution in [-0.2, 0) is 9.47 Å². The Morgan fingerprint density at radius 2 is 1.82 bits per heavy atom. The zero-order valence-corrected chi connectivity index (χ0v) is 10.3. The largest absolute Gasteiger partial charge is 0.446 e. The second kappa shape index (κ2) is 4.84. The molecule has 0 spiro atoms. The van der Waals surface area contributed by atoms with E-state index in [0.29, 0.717) is 12.6 Å². The van der Waals surface area contributed by atoms with Crippen LogP contribution in [0.1, 0.15) is 44.9 Å². The molecule has 17 heavy (non-hydrogen) atoms. The summed E-state index contributed by atoms with van der Waals surface area (Å²) >= 11 is 0. The van der Waals surface area contributed by atoms with Crippen LogP contribution < -0.4 is 0 Å². The van der Waals surface area contributed by atoms with Crippen molar-refractivity contribution >= 4 is 6.09 Å². The van der Waals surface area contributed by atoms with Gasteiger partial charge in [0.1, 0.15) is 6.10 Å². The van der Waals surface area contributed by atoms with Gasteiger partial charge in [-0.25, -0.2) is 4.79 Å². The van der Waals surface area contributed by atoms with Crippen molar-refractivity contribution in [1.82, 2.24) is 4.90 Å². The number of ether oxygens (including phenoxy) is 2. The number of rotatable bonds is 1. The van der Waals surface area contributed by atoms with Crippen LogP contribution in [0.3, 0.4) is 0 Å². The maximum atomic E-state index is 12.2. The SMILES string of the molecule is O=C(OC1CCC1)N1C2CCCC1COCC2. The van der Waals surface area contributed by atoms with E-state index in [2.05, 4.69) is 0 Å². The molecular weight excluding hydrogens is 218 g/mol. The third-order valence-corrected chi connectivity index (χ3v) is 4.30. The first-order chi connectivity index (χ1) is 8.34. The van der Waals surface area contributed by atoms with Crippen molar-refractivity contribution in [3.63, 3.8) is 0 Å². The van der Waals surface area contributed by atoms with E-state index in [1.54, 1.807) is 0 Å². The van der Waals surface area contributed by atoms with Gasteiger partial charge in [-0.05, 0) is 44.9 Å². The third kappa shape index (κ3) is 2.28. The Morgan fingerprint density at radius 1 is 1.06 bits per heavy atom. The second-order valence-electron chi connectivity index (χ2n) is 5.45. The summed E-state index contributed by atoms with van der Waals surface area (Å²) in [7, 11) is 0. The fraction of sp³-hybridized carbons (Fsp3) is 0.923. The van der Waals surface area contributed by atoms with Crippen molar-refractivity contribution in [1.29, 1.82) is 0 Å². The topological polar surface area (TPSA) is 38.8 Å². The molecule has 2 atom stereocenters. The highest BCUT2D eigenvalue weighted by atomic mass is 16.6. The van der Waals surface area contributed by atoms with Gasteiger partial charge in [0, 0.05) is 12.6 Å². The molecule has 0 aromatic heterocycles. The van der Waals surface area contributed by atoms with E-state index in [0.717, 1.165) is 38.7 Å². The van der Waals surface area contributed by atoms with E-state index in [4.69, 9.17) is 9.47 Å². The molecule has 1 amide bonds. The molecule has 2 unspecified atom stereocenters. The first-order valence-electron chi connectivity index (χ1n) is 6.91. The molecule has 4 nitrogen and oxygen atoms in total. The van der Waals surface area contributed by atoms with Gasteiger partial charge in [-0.3, -0.25) is 4.90 Å². The van der Waals surface area contributed by atoms with E-state index in [-0.39, 0.29) is 18.2 Å². The van der Waals surface area contributed by atoms with Crippen molar-refractivity contribution in [2.24, 2.45) is 0 Å². The van der Waals surface area contributed by atoms with Crippen LogP contribution in [-0.4, -0.2) is 42.4 Å². The third-order valence-electron chi connectivity index (χ3n) is 4.30. The Kier molecular flexibility index (Phi) is 3.23. The number of fused-ring (bicyclic) bond motifs is 2.